The Hall–Kier alpha value is -2.80. The van der Waals surface area contributed by atoms with Gasteiger partial charge in [0.05, 0.1) is 18.2 Å². The van der Waals surface area contributed by atoms with Crippen LogP contribution in [-0.4, -0.2) is 17.0 Å². The third kappa shape index (κ3) is 4.64. The number of benzene rings is 2. The number of rotatable bonds is 4. The summed E-state index contributed by atoms with van der Waals surface area (Å²) < 4.78 is 45.6. The van der Waals surface area contributed by atoms with Gasteiger partial charge in [0, 0.05) is 9.75 Å². The van der Waals surface area contributed by atoms with Crippen LogP contribution in [0.15, 0.2) is 42.5 Å². The minimum atomic E-state index is -4.46. The smallest absolute Gasteiger partial charge is 0.416 e. The fourth-order valence-corrected chi connectivity index (χ4v) is 5.44. The number of thiophene rings is 1. The van der Waals surface area contributed by atoms with E-state index in [4.69, 9.17) is 4.74 Å². The Labute approximate surface area is 195 Å². The lowest BCUT2D eigenvalue weighted by molar-refractivity contribution is -0.137. The highest BCUT2D eigenvalue weighted by atomic mass is 32.1. The number of cyclic esters (lactones) is 1. The Kier molecular flexibility index (Phi) is 6.03. The van der Waals surface area contributed by atoms with E-state index in [9.17, 15) is 18.0 Å². The highest BCUT2D eigenvalue weighted by Gasteiger charge is 2.41. The van der Waals surface area contributed by atoms with Gasteiger partial charge in [-0.3, -0.25) is 4.90 Å². The van der Waals surface area contributed by atoms with Crippen LogP contribution in [0.1, 0.15) is 50.6 Å². The largest absolute Gasteiger partial charge is 0.439 e. The van der Waals surface area contributed by atoms with Crippen LogP contribution in [0, 0.1) is 27.7 Å². The zero-order chi connectivity index (χ0) is 24.1. The molecule has 3 aromatic rings. The van der Waals surface area contributed by atoms with Gasteiger partial charge in [-0.1, -0.05) is 35.4 Å². The maximum atomic E-state index is 13.3. The Morgan fingerprint density at radius 3 is 2.33 bits per heavy atom. The maximum Gasteiger partial charge on any atom is 0.416 e. The van der Waals surface area contributed by atoms with Crippen molar-refractivity contribution in [1.82, 2.24) is 4.90 Å². The number of halogens is 3. The highest BCUT2D eigenvalue weighted by Crippen LogP contribution is 2.39. The Bertz CT molecular complexity index is 1210. The number of carbonyl (C=O) groups excluding carboxylic acids is 1. The summed E-state index contributed by atoms with van der Waals surface area (Å²) in [6.45, 7) is 9.90. The summed E-state index contributed by atoms with van der Waals surface area (Å²) in [5, 5.41) is 0. The van der Waals surface area contributed by atoms with Crippen molar-refractivity contribution in [1.29, 1.82) is 0 Å². The first-order valence-electron chi connectivity index (χ1n) is 10.8. The lowest BCUT2D eigenvalue weighted by atomic mass is 9.96. The number of hydrogen-bond acceptors (Lipinski definition) is 3. The second-order valence-electron chi connectivity index (χ2n) is 8.79. The fraction of sp³-hybridized carbons (Fsp3) is 0.346. The van der Waals surface area contributed by atoms with Crippen molar-refractivity contribution in [3.63, 3.8) is 0 Å². The van der Waals surface area contributed by atoms with Gasteiger partial charge in [0.15, 0.2) is 0 Å². The van der Waals surface area contributed by atoms with E-state index in [1.54, 1.807) is 29.2 Å². The van der Waals surface area contributed by atoms with E-state index < -0.39 is 30.0 Å². The van der Waals surface area contributed by atoms with Crippen LogP contribution in [0.5, 0.6) is 0 Å². The van der Waals surface area contributed by atoms with Crippen LogP contribution < -0.4 is 0 Å². The van der Waals surface area contributed by atoms with Crippen LogP contribution in [0.4, 0.5) is 18.0 Å². The number of alkyl halides is 3. The molecule has 1 aliphatic heterocycles. The first-order chi connectivity index (χ1) is 15.4. The minimum absolute atomic E-state index is 0.319. The third-order valence-corrected chi connectivity index (χ3v) is 7.05. The second-order valence-corrected chi connectivity index (χ2v) is 10.3. The summed E-state index contributed by atoms with van der Waals surface area (Å²) in [6.07, 6.45) is -5.75. The van der Waals surface area contributed by atoms with E-state index >= 15 is 0 Å². The summed E-state index contributed by atoms with van der Waals surface area (Å²) in [5.74, 6) is 0. The molecule has 1 saturated heterocycles. The lowest BCUT2D eigenvalue weighted by Gasteiger charge is -2.23. The third-order valence-electron chi connectivity index (χ3n) is 6.08. The van der Waals surface area contributed by atoms with Crippen molar-refractivity contribution in [3.05, 3.63) is 80.0 Å². The number of aryl methyl sites for hydroxylation is 4. The molecule has 3 nitrogen and oxygen atoms in total. The first-order valence-corrected chi connectivity index (χ1v) is 11.6. The van der Waals surface area contributed by atoms with Crippen LogP contribution >= 0.6 is 11.3 Å². The molecule has 1 fully saturated rings. The van der Waals surface area contributed by atoms with E-state index in [1.807, 2.05) is 19.9 Å². The van der Waals surface area contributed by atoms with E-state index in [0.29, 0.717) is 17.7 Å². The van der Waals surface area contributed by atoms with Gasteiger partial charge >= 0.3 is 12.3 Å². The molecule has 0 bridgehead atoms. The van der Waals surface area contributed by atoms with Gasteiger partial charge in [0.2, 0.25) is 0 Å². The molecule has 1 amide bonds. The maximum absolute atomic E-state index is 13.3. The lowest BCUT2D eigenvalue weighted by Crippen LogP contribution is -2.31. The predicted molar refractivity (Wildman–Crippen MR) is 124 cm³/mol. The monoisotopic (exact) mass is 473 g/mol. The van der Waals surface area contributed by atoms with E-state index in [-0.39, 0.29) is 0 Å². The predicted octanol–water partition coefficient (Wildman–Crippen LogP) is 7.75. The van der Waals surface area contributed by atoms with Crippen molar-refractivity contribution in [3.8, 4) is 11.1 Å². The normalized spacial score (nSPS) is 18.7. The minimum Gasteiger partial charge on any atom is -0.439 e. The molecule has 33 heavy (non-hydrogen) atoms. The molecule has 0 radical (unpaired) electrons. The topological polar surface area (TPSA) is 29.5 Å². The number of carbonyl (C=O) groups is 1. The van der Waals surface area contributed by atoms with Crippen molar-refractivity contribution in [2.24, 2.45) is 0 Å². The van der Waals surface area contributed by atoms with Crippen LogP contribution in [0.3, 0.4) is 0 Å². The molecule has 0 N–H and O–H groups in total. The van der Waals surface area contributed by atoms with E-state index in [0.717, 1.165) is 34.4 Å². The number of nitrogens with zero attached hydrogens (tertiary/aromatic N) is 1. The van der Waals surface area contributed by atoms with Crippen molar-refractivity contribution in [2.45, 2.75) is 59.5 Å². The van der Waals surface area contributed by atoms with Gasteiger partial charge in [-0.25, -0.2) is 4.79 Å². The molecular weight excluding hydrogens is 447 g/mol. The molecule has 2 heterocycles. The van der Waals surface area contributed by atoms with Crippen LogP contribution in [0.2, 0.25) is 0 Å². The number of amides is 1. The van der Waals surface area contributed by atoms with Crippen molar-refractivity contribution in [2.75, 3.05) is 0 Å². The standard InChI is InChI=1S/C26H26F3NO2S/c1-14-6-7-22(23-11-16(3)33-18(23)5)20(8-14)13-30-17(4)24(32-25(30)31)19-9-15(2)10-21(12-19)26(27,28)29/h6-12,17,24H,13H2,1-5H3/t17-,24-/m0/s1. The molecule has 1 aliphatic rings. The average Bonchev–Trinajstić information content (AvgIpc) is 3.19. The van der Waals surface area contributed by atoms with Gasteiger partial charge in [-0.05, 0) is 75.1 Å². The summed E-state index contributed by atoms with van der Waals surface area (Å²) in [6, 6.07) is 11.7. The Morgan fingerprint density at radius 1 is 0.970 bits per heavy atom. The SMILES string of the molecule is Cc1cc([C@H]2OC(=O)N(Cc3cc(C)ccc3-c3cc(C)sc3C)[C@H]2C)cc(C(F)(F)F)c1. The second kappa shape index (κ2) is 8.52. The Balaban J connectivity index is 1.67. The summed E-state index contributed by atoms with van der Waals surface area (Å²) in [7, 11) is 0. The highest BCUT2D eigenvalue weighted by molar-refractivity contribution is 7.12. The van der Waals surface area contributed by atoms with Gasteiger partial charge in [0.1, 0.15) is 6.10 Å². The summed E-state index contributed by atoms with van der Waals surface area (Å²) in [4.78, 5) is 16.8. The quantitative estimate of drug-likeness (QED) is 0.388. The molecule has 0 unspecified atom stereocenters. The molecular formula is C26H26F3NO2S. The van der Waals surface area contributed by atoms with Crippen molar-refractivity contribution < 1.29 is 22.7 Å². The average molecular weight is 474 g/mol. The molecule has 7 heteroatoms. The van der Waals surface area contributed by atoms with Gasteiger partial charge in [-0.15, -0.1) is 11.3 Å². The van der Waals surface area contributed by atoms with Gasteiger partial charge in [-0.2, -0.15) is 13.2 Å². The van der Waals surface area contributed by atoms with Gasteiger partial charge in [0.25, 0.3) is 0 Å². The molecule has 174 valence electrons. The van der Waals surface area contributed by atoms with Crippen LogP contribution in [0.25, 0.3) is 11.1 Å². The van der Waals surface area contributed by atoms with E-state index in [1.165, 1.54) is 9.75 Å². The zero-order valence-electron chi connectivity index (χ0n) is 19.2. The van der Waals surface area contributed by atoms with Crippen LogP contribution in [-0.2, 0) is 17.5 Å². The zero-order valence-corrected chi connectivity index (χ0v) is 20.0. The molecule has 2 aromatic carbocycles. The number of ether oxygens (including phenoxy) is 1. The summed E-state index contributed by atoms with van der Waals surface area (Å²) >= 11 is 1.73. The number of hydrogen-bond donors (Lipinski definition) is 0. The van der Waals surface area contributed by atoms with E-state index in [2.05, 4.69) is 32.0 Å². The first kappa shape index (κ1) is 23.4. The molecule has 0 aliphatic carbocycles. The van der Waals surface area contributed by atoms with Gasteiger partial charge < -0.3 is 4.74 Å². The molecule has 0 saturated carbocycles. The molecule has 4 rings (SSSR count). The van der Waals surface area contributed by atoms with Crippen molar-refractivity contribution >= 4 is 17.4 Å². The fourth-order valence-electron chi connectivity index (χ4n) is 4.50. The molecule has 2 atom stereocenters. The molecule has 1 aromatic heterocycles. The Morgan fingerprint density at radius 2 is 1.70 bits per heavy atom. The molecule has 0 spiro atoms. The summed E-state index contributed by atoms with van der Waals surface area (Å²) in [5.41, 5.74) is 4.36.